The largest absolute Gasteiger partial charge is 0.417 e. The third-order valence-electron chi connectivity index (χ3n) is 4.74. The number of rotatable bonds is 6. The fourth-order valence-electron chi connectivity index (χ4n) is 3.19. The molecule has 1 atom stereocenters. The van der Waals surface area contributed by atoms with Crippen LogP contribution in [0.15, 0.2) is 57.2 Å². The number of hydrogen-bond donors (Lipinski definition) is 2. The molecule has 4 rings (SSSR count). The number of halogens is 6. The van der Waals surface area contributed by atoms with Crippen molar-refractivity contribution < 1.29 is 22.4 Å². The number of benzene rings is 2. The van der Waals surface area contributed by atoms with Gasteiger partial charge in [-0.3, -0.25) is 10.2 Å². The minimum Gasteiger partial charge on any atom is -0.410 e. The Labute approximate surface area is 210 Å². The summed E-state index contributed by atoms with van der Waals surface area (Å²) in [5.41, 5.74) is -0.209. The Balaban J connectivity index is 1.45. The van der Waals surface area contributed by atoms with Gasteiger partial charge in [0.05, 0.1) is 5.75 Å². The first-order valence-corrected chi connectivity index (χ1v) is 11.6. The molecule has 0 bridgehead atoms. The predicted molar refractivity (Wildman–Crippen MR) is 124 cm³/mol. The van der Waals surface area contributed by atoms with Crippen molar-refractivity contribution in [3.63, 3.8) is 0 Å². The van der Waals surface area contributed by atoms with Crippen LogP contribution in [0, 0.1) is 0 Å². The summed E-state index contributed by atoms with van der Waals surface area (Å²) in [6, 6.07) is 10.3. The van der Waals surface area contributed by atoms with Crippen molar-refractivity contribution in [2.45, 2.75) is 23.4 Å². The van der Waals surface area contributed by atoms with Crippen LogP contribution >= 0.6 is 46.6 Å². The van der Waals surface area contributed by atoms with Gasteiger partial charge in [-0.15, -0.1) is 10.2 Å². The van der Waals surface area contributed by atoms with E-state index in [1.807, 2.05) is 0 Å². The molecule has 2 aromatic carbocycles. The fourth-order valence-corrected chi connectivity index (χ4v) is 4.47. The van der Waals surface area contributed by atoms with Crippen molar-refractivity contribution >= 4 is 63.9 Å². The summed E-state index contributed by atoms with van der Waals surface area (Å²) in [7, 11) is 0. The van der Waals surface area contributed by atoms with E-state index in [9.17, 15) is 18.0 Å². The number of carbonyl (C=O) groups is 1. The molecular weight excluding hydrogens is 538 g/mol. The monoisotopic (exact) mass is 549 g/mol. The molecule has 7 nitrogen and oxygen atoms in total. The summed E-state index contributed by atoms with van der Waals surface area (Å²) in [4.78, 5) is 12.1. The van der Waals surface area contributed by atoms with E-state index in [0.717, 1.165) is 11.8 Å². The third-order valence-corrected chi connectivity index (χ3v) is 6.23. The molecule has 2 heterocycles. The summed E-state index contributed by atoms with van der Waals surface area (Å²) in [5.74, 6) is -0.642. The lowest BCUT2D eigenvalue weighted by Crippen LogP contribution is -2.49. The molecule has 0 aliphatic carbocycles. The predicted octanol–water partition coefficient (Wildman–Crippen LogP) is 5.92. The van der Waals surface area contributed by atoms with Gasteiger partial charge in [0.2, 0.25) is 5.91 Å². The van der Waals surface area contributed by atoms with Gasteiger partial charge in [-0.1, -0.05) is 52.6 Å². The molecule has 0 radical (unpaired) electrons. The van der Waals surface area contributed by atoms with Crippen molar-refractivity contribution in [3.8, 4) is 0 Å². The van der Waals surface area contributed by atoms with Crippen molar-refractivity contribution in [2.24, 2.45) is 5.10 Å². The van der Waals surface area contributed by atoms with Crippen molar-refractivity contribution in [1.29, 1.82) is 0 Å². The maximum Gasteiger partial charge on any atom is 0.417 e. The quantitative estimate of drug-likeness (QED) is 0.371. The van der Waals surface area contributed by atoms with Crippen LogP contribution < -0.4 is 10.7 Å². The van der Waals surface area contributed by atoms with E-state index < -0.39 is 18.1 Å². The number of hydrazone groups is 1. The maximum absolute atomic E-state index is 14.1. The second kappa shape index (κ2) is 9.65. The van der Waals surface area contributed by atoms with Gasteiger partial charge in [0, 0.05) is 27.2 Å². The van der Waals surface area contributed by atoms with Gasteiger partial charge in [-0.05, 0) is 42.0 Å². The lowest BCUT2D eigenvalue weighted by Gasteiger charge is -2.31. The first-order valence-electron chi connectivity index (χ1n) is 9.45. The van der Waals surface area contributed by atoms with Crippen LogP contribution in [0.2, 0.25) is 15.1 Å². The van der Waals surface area contributed by atoms with Gasteiger partial charge in [0.15, 0.2) is 5.54 Å². The molecule has 0 fully saturated rings. The molecule has 2 N–H and O–H groups in total. The Kier molecular flexibility index (Phi) is 6.99. The zero-order chi connectivity index (χ0) is 24.5. The first-order chi connectivity index (χ1) is 16.1. The summed E-state index contributed by atoms with van der Waals surface area (Å²) >= 11 is 18.6. The number of nitrogens with one attached hydrogen (secondary N) is 2. The van der Waals surface area contributed by atoms with E-state index in [1.54, 1.807) is 24.3 Å². The number of aromatic nitrogens is 2. The van der Waals surface area contributed by atoms with E-state index in [0.29, 0.717) is 10.7 Å². The highest BCUT2D eigenvalue weighted by Crippen LogP contribution is 2.46. The highest BCUT2D eigenvalue weighted by molar-refractivity contribution is 7.99. The molecule has 1 aliphatic heterocycles. The summed E-state index contributed by atoms with van der Waals surface area (Å²) in [6.07, 6.45) is -5.38. The first kappa shape index (κ1) is 24.6. The molecule has 14 heteroatoms. The molecular formula is C20H13Cl3F3N5O2S. The Hall–Kier alpha value is -2.47. The van der Waals surface area contributed by atoms with Crippen molar-refractivity contribution in [3.05, 3.63) is 69.0 Å². The SMILES string of the molecule is O=C(CSc1nnc(C2=NNC(c3cc(Cl)cc(Cl)c3)(C(F)(F)F)C2)o1)Nc1cccc(Cl)c1. The highest BCUT2D eigenvalue weighted by Gasteiger charge is 2.59. The Morgan fingerprint density at radius 3 is 2.53 bits per heavy atom. The molecule has 1 aliphatic rings. The highest BCUT2D eigenvalue weighted by atomic mass is 35.5. The standard InChI is InChI=1S/C20H13Cl3F3N5O2S/c21-11-2-1-3-14(7-11)27-16(32)9-34-18-30-29-17(33-18)15-8-19(31-28-15,20(24,25)26)10-4-12(22)6-13(23)5-10/h1-7,31H,8-9H2,(H,27,32). The van der Waals surface area contributed by atoms with Crippen molar-refractivity contribution in [2.75, 3.05) is 11.1 Å². The van der Waals surface area contributed by atoms with Gasteiger partial charge in [-0.25, -0.2) is 0 Å². The minimum absolute atomic E-state index is 0.00532. The number of amides is 1. The summed E-state index contributed by atoms with van der Waals surface area (Å²) in [6.45, 7) is 0. The average Bonchev–Trinajstić information content (AvgIpc) is 3.39. The second-order valence-electron chi connectivity index (χ2n) is 7.13. The molecule has 1 aromatic heterocycles. The van der Waals surface area contributed by atoms with Gasteiger partial charge in [0.25, 0.3) is 11.1 Å². The molecule has 1 unspecified atom stereocenters. The molecule has 34 heavy (non-hydrogen) atoms. The van der Waals surface area contributed by atoms with Gasteiger partial charge >= 0.3 is 6.18 Å². The molecule has 178 valence electrons. The number of hydrogen-bond acceptors (Lipinski definition) is 7. The minimum atomic E-state index is -4.75. The van der Waals surface area contributed by atoms with E-state index in [2.05, 4.69) is 26.0 Å². The van der Waals surface area contributed by atoms with E-state index >= 15 is 0 Å². The molecule has 0 spiro atoms. The number of thioether (sulfide) groups is 1. The van der Waals surface area contributed by atoms with Gasteiger partial charge in [0.1, 0.15) is 5.71 Å². The fraction of sp³-hybridized carbons (Fsp3) is 0.200. The number of nitrogens with zero attached hydrogens (tertiary/aromatic N) is 3. The van der Waals surface area contributed by atoms with Crippen LogP contribution in [0.3, 0.4) is 0 Å². The zero-order valence-corrected chi connectivity index (χ0v) is 19.9. The smallest absolute Gasteiger partial charge is 0.410 e. The molecule has 3 aromatic rings. The molecule has 0 saturated heterocycles. The zero-order valence-electron chi connectivity index (χ0n) is 16.8. The van der Waals surface area contributed by atoms with Gasteiger partial charge in [-0.2, -0.15) is 18.3 Å². The normalized spacial score (nSPS) is 17.9. The number of carbonyl (C=O) groups excluding carboxylic acids is 1. The molecule has 0 saturated carbocycles. The average molecular weight is 551 g/mol. The van der Waals surface area contributed by atoms with Crippen LogP contribution in [0.1, 0.15) is 17.9 Å². The number of anilines is 1. The summed E-state index contributed by atoms with van der Waals surface area (Å²) < 4.78 is 47.8. The lowest BCUT2D eigenvalue weighted by molar-refractivity contribution is -0.196. The third kappa shape index (κ3) is 5.27. The van der Waals surface area contributed by atoms with Crippen LogP contribution in [-0.4, -0.2) is 33.7 Å². The van der Waals surface area contributed by atoms with Crippen LogP contribution in [0.25, 0.3) is 0 Å². The second-order valence-corrected chi connectivity index (χ2v) is 9.36. The number of alkyl halides is 3. The topological polar surface area (TPSA) is 92.4 Å². The van der Waals surface area contributed by atoms with Crippen molar-refractivity contribution in [1.82, 2.24) is 15.6 Å². The van der Waals surface area contributed by atoms with E-state index in [1.165, 1.54) is 18.2 Å². The van der Waals surface area contributed by atoms with Gasteiger partial charge < -0.3 is 9.73 Å². The Bertz CT molecular complexity index is 1250. The Morgan fingerprint density at radius 2 is 1.85 bits per heavy atom. The van der Waals surface area contributed by atoms with Crippen LogP contribution in [0.4, 0.5) is 18.9 Å². The molecule has 1 amide bonds. The maximum atomic E-state index is 14.1. The van der Waals surface area contributed by atoms with Crippen LogP contribution in [-0.2, 0) is 10.3 Å². The Morgan fingerprint density at radius 1 is 1.12 bits per heavy atom. The van der Waals surface area contributed by atoms with Crippen LogP contribution in [0.5, 0.6) is 0 Å². The van der Waals surface area contributed by atoms with E-state index in [4.69, 9.17) is 39.2 Å². The summed E-state index contributed by atoms with van der Waals surface area (Å²) in [5, 5.41) is 14.6. The lowest BCUT2D eigenvalue weighted by atomic mass is 9.85. The van der Waals surface area contributed by atoms with E-state index in [-0.39, 0.29) is 44.1 Å².